The number of hydrogen-bond donors (Lipinski definition) is 2. The average molecular weight is 301 g/mol. The van der Waals surface area contributed by atoms with Gasteiger partial charge in [-0.1, -0.05) is 19.1 Å². The summed E-state index contributed by atoms with van der Waals surface area (Å²) in [5.74, 6) is 0. The largest absolute Gasteiger partial charge is 0.394 e. The summed E-state index contributed by atoms with van der Waals surface area (Å²) < 4.78 is 0. The number of hydrogen-bond acceptors (Lipinski definition) is 4. The molecule has 0 aliphatic carbocycles. The van der Waals surface area contributed by atoms with Crippen molar-refractivity contribution in [1.82, 2.24) is 10.2 Å². The number of aliphatic hydroxyl groups is 1. The van der Waals surface area contributed by atoms with Gasteiger partial charge in [-0.05, 0) is 57.0 Å². The van der Waals surface area contributed by atoms with Gasteiger partial charge in [0.25, 0.3) is 0 Å². The lowest BCUT2D eigenvalue weighted by Crippen LogP contribution is -2.53. The van der Waals surface area contributed by atoms with Crippen LogP contribution in [0.1, 0.15) is 44.2 Å². The van der Waals surface area contributed by atoms with Crippen LogP contribution < -0.4 is 5.32 Å². The number of rotatable bonds is 6. The lowest BCUT2D eigenvalue weighted by Gasteiger charge is -2.38. The maximum atomic E-state index is 9.51. The molecule has 0 amide bonds. The molecule has 1 atom stereocenters. The molecule has 1 aromatic carbocycles. The van der Waals surface area contributed by atoms with E-state index in [9.17, 15) is 5.11 Å². The number of nitrogens with zero attached hydrogens (tertiary/aromatic N) is 2. The molecule has 1 aromatic rings. The van der Waals surface area contributed by atoms with E-state index in [1.54, 1.807) is 0 Å². The lowest BCUT2D eigenvalue weighted by molar-refractivity contribution is 0.124. The molecule has 0 bridgehead atoms. The van der Waals surface area contributed by atoms with Gasteiger partial charge in [-0.15, -0.1) is 0 Å². The monoisotopic (exact) mass is 301 g/mol. The van der Waals surface area contributed by atoms with Gasteiger partial charge in [0, 0.05) is 18.1 Å². The van der Waals surface area contributed by atoms with Gasteiger partial charge in [0.2, 0.25) is 0 Å². The van der Waals surface area contributed by atoms with Crippen molar-refractivity contribution in [3.8, 4) is 6.07 Å². The molecule has 4 heteroatoms. The first-order valence-electron chi connectivity index (χ1n) is 8.18. The summed E-state index contributed by atoms with van der Waals surface area (Å²) in [6.07, 6.45) is 3.17. The Balaban J connectivity index is 1.80. The minimum atomic E-state index is -0.153. The Kier molecular flexibility index (Phi) is 5.96. The van der Waals surface area contributed by atoms with Crippen LogP contribution in [-0.2, 0) is 6.54 Å². The summed E-state index contributed by atoms with van der Waals surface area (Å²) in [6.45, 7) is 7.49. The van der Waals surface area contributed by atoms with Gasteiger partial charge in [-0.2, -0.15) is 5.26 Å². The van der Waals surface area contributed by atoms with Gasteiger partial charge in [0.05, 0.1) is 18.2 Å². The fraction of sp³-hybridized carbons (Fsp3) is 0.611. The van der Waals surface area contributed by atoms with Crippen LogP contribution in [0.3, 0.4) is 0 Å². The second-order valence-electron chi connectivity index (χ2n) is 6.58. The van der Waals surface area contributed by atoms with E-state index in [0.29, 0.717) is 6.04 Å². The van der Waals surface area contributed by atoms with Crippen LogP contribution in [0.2, 0.25) is 0 Å². The summed E-state index contributed by atoms with van der Waals surface area (Å²) in [6, 6.07) is 10.5. The van der Waals surface area contributed by atoms with Gasteiger partial charge in [0.1, 0.15) is 0 Å². The maximum absolute atomic E-state index is 9.51. The predicted octanol–water partition coefficient (Wildman–Crippen LogP) is 2.27. The molecule has 120 valence electrons. The highest BCUT2D eigenvalue weighted by Crippen LogP contribution is 2.18. The van der Waals surface area contributed by atoms with E-state index < -0.39 is 0 Å². The van der Waals surface area contributed by atoms with Crippen LogP contribution in [0, 0.1) is 11.3 Å². The van der Waals surface area contributed by atoms with E-state index in [0.717, 1.165) is 44.5 Å². The summed E-state index contributed by atoms with van der Waals surface area (Å²) in [7, 11) is 0. The smallest absolute Gasteiger partial charge is 0.0991 e. The number of piperidine rings is 1. The Hall–Kier alpha value is -1.41. The van der Waals surface area contributed by atoms with Crippen LogP contribution in [0.5, 0.6) is 0 Å². The number of likely N-dealkylation sites (tertiary alicyclic amines) is 1. The van der Waals surface area contributed by atoms with Gasteiger partial charge in [0.15, 0.2) is 0 Å². The Morgan fingerprint density at radius 3 is 2.45 bits per heavy atom. The van der Waals surface area contributed by atoms with Crippen LogP contribution >= 0.6 is 0 Å². The number of aliphatic hydroxyl groups excluding tert-OH is 1. The fourth-order valence-corrected chi connectivity index (χ4v) is 2.93. The Morgan fingerprint density at radius 1 is 1.32 bits per heavy atom. The fourth-order valence-electron chi connectivity index (χ4n) is 2.93. The molecule has 1 aliphatic heterocycles. The van der Waals surface area contributed by atoms with Crippen LogP contribution in [0.4, 0.5) is 0 Å². The highest BCUT2D eigenvalue weighted by molar-refractivity contribution is 5.31. The van der Waals surface area contributed by atoms with E-state index >= 15 is 0 Å². The highest BCUT2D eigenvalue weighted by atomic mass is 16.3. The van der Waals surface area contributed by atoms with Crippen molar-refractivity contribution in [3.05, 3.63) is 35.4 Å². The third-order valence-electron chi connectivity index (χ3n) is 4.76. The van der Waals surface area contributed by atoms with Crippen molar-refractivity contribution >= 4 is 0 Å². The first-order valence-corrected chi connectivity index (χ1v) is 8.18. The SMILES string of the molecule is CCC(C)(CO)NC1CCN(Cc2ccc(C#N)cc2)CC1. The minimum absolute atomic E-state index is 0.153. The Morgan fingerprint density at radius 2 is 1.95 bits per heavy atom. The third kappa shape index (κ3) is 4.54. The molecule has 1 unspecified atom stereocenters. The zero-order valence-electron chi connectivity index (χ0n) is 13.7. The molecule has 22 heavy (non-hydrogen) atoms. The van der Waals surface area contributed by atoms with E-state index in [2.05, 4.69) is 30.1 Å². The lowest BCUT2D eigenvalue weighted by atomic mass is 9.95. The topological polar surface area (TPSA) is 59.3 Å². The van der Waals surface area contributed by atoms with Crippen molar-refractivity contribution in [2.45, 2.75) is 51.2 Å². The molecule has 4 nitrogen and oxygen atoms in total. The normalized spacial score (nSPS) is 19.5. The van der Waals surface area contributed by atoms with E-state index in [1.165, 1.54) is 5.56 Å². The first kappa shape index (κ1) is 17.0. The van der Waals surface area contributed by atoms with E-state index in [1.807, 2.05) is 24.3 Å². The average Bonchev–Trinajstić information content (AvgIpc) is 2.57. The van der Waals surface area contributed by atoms with Crippen LogP contribution in [0.25, 0.3) is 0 Å². The van der Waals surface area contributed by atoms with Crippen molar-refractivity contribution in [2.24, 2.45) is 0 Å². The number of nitrogens with one attached hydrogen (secondary N) is 1. The molecule has 1 fully saturated rings. The molecule has 1 saturated heterocycles. The summed E-state index contributed by atoms with van der Waals surface area (Å²) in [4.78, 5) is 2.46. The van der Waals surface area contributed by atoms with Crippen molar-refractivity contribution in [3.63, 3.8) is 0 Å². The summed E-state index contributed by atoms with van der Waals surface area (Å²) >= 11 is 0. The quantitative estimate of drug-likeness (QED) is 0.846. The van der Waals surface area contributed by atoms with Crippen molar-refractivity contribution in [1.29, 1.82) is 5.26 Å². The standard InChI is InChI=1S/C18H27N3O/c1-3-18(2,14-22)20-17-8-10-21(11-9-17)13-16-6-4-15(12-19)5-7-16/h4-7,17,20,22H,3,8-11,13-14H2,1-2H3. The molecule has 2 N–H and O–H groups in total. The Bertz CT molecular complexity index is 494. The zero-order chi connectivity index (χ0) is 16.0. The van der Waals surface area contributed by atoms with Crippen LogP contribution in [-0.4, -0.2) is 41.3 Å². The van der Waals surface area contributed by atoms with Crippen molar-refractivity contribution < 1.29 is 5.11 Å². The molecule has 0 radical (unpaired) electrons. The maximum Gasteiger partial charge on any atom is 0.0991 e. The van der Waals surface area contributed by atoms with Crippen molar-refractivity contribution in [2.75, 3.05) is 19.7 Å². The molecule has 0 saturated carbocycles. The third-order valence-corrected chi connectivity index (χ3v) is 4.76. The molecule has 1 aliphatic rings. The minimum Gasteiger partial charge on any atom is -0.394 e. The van der Waals surface area contributed by atoms with Gasteiger partial charge < -0.3 is 10.4 Å². The molecule has 1 heterocycles. The summed E-state index contributed by atoms with van der Waals surface area (Å²) in [5.41, 5.74) is 1.83. The van der Waals surface area contributed by atoms with Gasteiger partial charge in [-0.25, -0.2) is 0 Å². The predicted molar refractivity (Wildman–Crippen MR) is 88.4 cm³/mol. The summed E-state index contributed by atoms with van der Waals surface area (Å²) in [5, 5.41) is 22.0. The van der Waals surface area contributed by atoms with Gasteiger partial charge >= 0.3 is 0 Å². The van der Waals surface area contributed by atoms with E-state index in [-0.39, 0.29) is 12.1 Å². The second kappa shape index (κ2) is 7.73. The molecular weight excluding hydrogens is 274 g/mol. The first-order chi connectivity index (χ1) is 10.6. The zero-order valence-corrected chi connectivity index (χ0v) is 13.7. The van der Waals surface area contributed by atoms with E-state index in [4.69, 9.17) is 5.26 Å². The van der Waals surface area contributed by atoms with Gasteiger partial charge in [-0.3, -0.25) is 4.90 Å². The molecule has 0 spiro atoms. The molecular formula is C18H27N3O. The second-order valence-corrected chi connectivity index (χ2v) is 6.58. The molecule has 2 rings (SSSR count). The van der Waals surface area contributed by atoms with Crippen LogP contribution in [0.15, 0.2) is 24.3 Å². The highest BCUT2D eigenvalue weighted by Gasteiger charge is 2.27. The molecule has 0 aromatic heterocycles. The number of nitriles is 1. The number of benzene rings is 1. The Labute approximate surface area is 133 Å².